The minimum Gasteiger partial charge on any atom is -0.539 e. The third-order valence-corrected chi connectivity index (χ3v) is 1.70. The van der Waals surface area contributed by atoms with Crippen LogP contribution in [0.1, 0.15) is 0 Å². The molecule has 0 bridgehead atoms. The molecule has 7 nitrogen and oxygen atoms in total. The molecule has 0 aliphatic rings. The molecule has 0 saturated carbocycles. The zero-order valence-electron chi connectivity index (χ0n) is 7.44. The van der Waals surface area contributed by atoms with Crippen LogP contribution in [0.5, 0.6) is 5.95 Å². The zero-order valence-corrected chi connectivity index (χ0v) is 7.44. The molecular weight excluding hydrogens is 198 g/mol. The fraction of sp³-hybridized carbons (Fsp3) is 0. The van der Waals surface area contributed by atoms with E-state index in [1.165, 1.54) is 10.9 Å². The lowest BCUT2D eigenvalue weighted by molar-refractivity contribution is -0.670. The van der Waals surface area contributed by atoms with Crippen molar-refractivity contribution in [2.45, 2.75) is 0 Å². The molecule has 0 atom stereocenters. The molecule has 1 aromatic heterocycles. The summed E-state index contributed by atoms with van der Waals surface area (Å²) in [7, 11) is 0. The quantitative estimate of drug-likeness (QED) is 0.314. The SMILES string of the molecule is [N-]=[N+]=Nc1cccc(-[n+]2cc([O-])on2)c1. The van der Waals surface area contributed by atoms with Crippen LogP contribution in [0.25, 0.3) is 16.1 Å². The van der Waals surface area contributed by atoms with Gasteiger partial charge in [0.1, 0.15) is 5.95 Å². The molecule has 74 valence electrons. The molecule has 1 heterocycles. The van der Waals surface area contributed by atoms with Crippen LogP contribution >= 0.6 is 0 Å². The topological polar surface area (TPSA) is 102 Å². The third kappa shape index (κ3) is 1.87. The average Bonchev–Trinajstić information content (AvgIpc) is 2.66. The van der Waals surface area contributed by atoms with Crippen LogP contribution in [0.3, 0.4) is 0 Å². The zero-order chi connectivity index (χ0) is 10.7. The number of benzene rings is 1. The van der Waals surface area contributed by atoms with Gasteiger partial charge in [-0.3, -0.25) is 0 Å². The van der Waals surface area contributed by atoms with Gasteiger partial charge in [-0.15, -0.1) is 0 Å². The summed E-state index contributed by atoms with van der Waals surface area (Å²) < 4.78 is 5.64. The number of hydrogen-bond donors (Lipinski definition) is 0. The largest absolute Gasteiger partial charge is 0.539 e. The molecule has 2 rings (SSSR count). The molecule has 0 amide bonds. The number of nitrogens with zero attached hydrogens (tertiary/aromatic N) is 5. The lowest BCUT2D eigenvalue weighted by Crippen LogP contribution is -2.31. The molecule has 2 aromatic rings. The van der Waals surface area contributed by atoms with Gasteiger partial charge in [-0.2, -0.15) is 0 Å². The van der Waals surface area contributed by atoms with E-state index in [0.29, 0.717) is 11.4 Å². The molecular formula is C8H5N5O2. The van der Waals surface area contributed by atoms with Gasteiger partial charge in [0.25, 0.3) is 0 Å². The molecule has 0 aliphatic heterocycles. The van der Waals surface area contributed by atoms with Crippen LogP contribution < -0.4 is 9.79 Å². The Labute approximate surface area is 83.8 Å². The van der Waals surface area contributed by atoms with E-state index < -0.39 is 5.95 Å². The molecule has 7 heteroatoms. The summed E-state index contributed by atoms with van der Waals surface area (Å²) in [6, 6.07) is 6.62. The first kappa shape index (κ1) is 9.04. The average molecular weight is 203 g/mol. The number of hydrogen-bond acceptors (Lipinski definition) is 4. The molecule has 0 fully saturated rings. The van der Waals surface area contributed by atoms with E-state index >= 15 is 0 Å². The van der Waals surface area contributed by atoms with Crippen LogP contribution in [-0.4, -0.2) is 5.27 Å². The van der Waals surface area contributed by atoms with Crippen molar-refractivity contribution in [2.24, 2.45) is 5.11 Å². The summed E-state index contributed by atoms with van der Waals surface area (Å²) in [5, 5.41) is 17.7. The van der Waals surface area contributed by atoms with Crippen LogP contribution in [0.15, 0.2) is 40.1 Å². The first-order valence-electron chi connectivity index (χ1n) is 4.01. The van der Waals surface area contributed by atoms with Crippen molar-refractivity contribution < 1.29 is 14.3 Å². The van der Waals surface area contributed by atoms with Gasteiger partial charge in [0, 0.05) is 22.7 Å². The predicted molar refractivity (Wildman–Crippen MR) is 46.3 cm³/mol. The molecule has 0 unspecified atom stereocenters. The Morgan fingerprint density at radius 2 is 2.40 bits per heavy atom. The maximum Gasteiger partial charge on any atom is 0.239 e. The molecule has 0 saturated heterocycles. The van der Waals surface area contributed by atoms with E-state index in [0.717, 1.165) is 0 Å². The first-order chi connectivity index (χ1) is 7.29. The van der Waals surface area contributed by atoms with Crippen molar-refractivity contribution in [1.29, 1.82) is 0 Å². The van der Waals surface area contributed by atoms with Crippen molar-refractivity contribution in [3.8, 4) is 11.6 Å². The Morgan fingerprint density at radius 1 is 1.53 bits per heavy atom. The normalized spacial score (nSPS) is 9.60. The predicted octanol–water partition coefficient (Wildman–Crippen LogP) is 0.967. The highest BCUT2D eigenvalue weighted by Crippen LogP contribution is 2.14. The van der Waals surface area contributed by atoms with E-state index in [2.05, 4.69) is 19.8 Å². The van der Waals surface area contributed by atoms with E-state index in [9.17, 15) is 5.11 Å². The van der Waals surface area contributed by atoms with Crippen molar-refractivity contribution in [3.63, 3.8) is 0 Å². The highest BCUT2D eigenvalue weighted by Gasteiger charge is 2.08. The lowest BCUT2D eigenvalue weighted by Gasteiger charge is -1.90. The van der Waals surface area contributed by atoms with Crippen molar-refractivity contribution in [3.05, 3.63) is 40.9 Å². The van der Waals surface area contributed by atoms with Crippen LogP contribution in [-0.2, 0) is 0 Å². The van der Waals surface area contributed by atoms with Gasteiger partial charge >= 0.3 is 0 Å². The Kier molecular flexibility index (Phi) is 2.22. The second-order valence-electron chi connectivity index (χ2n) is 2.67. The van der Waals surface area contributed by atoms with Gasteiger partial charge in [0.15, 0.2) is 0 Å². The fourth-order valence-electron chi connectivity index (χ4n) is 1.10. The summed E-state index contributed by atoms with van der Waals surface area (Å²) in [5.74, 6) is -0.538. The second kappa shape index (κ2) is 3.69. The summed E-state index contributed by atoms with van der Waals surface area (Å²) in [6.45, 7) is 0. The summed E-state index contributed by atoms with van der Waals surface area (Å²) in [4.78, 5) is 2.66. The Morgan fingerprint density at radius 3 is 3.07 bits per heavy atom. The van der Waals surface area contributed by atoms with Crippen LogP contribution in [0, 0.1) is 0 Å². The van der Waals surface area contributed by atoms with Crippen molar-refractivity contribution in [2.75, 3.05) is 0 Å². The smallest absolute Gasteiger partial charge is 0.239 e. The highest BCUT2D eigenvalue weighted by molar-refractivity contribution is 5.42. The lowest BCUT2D eigenvalue weighted by atomic mass is 10.3. The van der Waals surface area contributed by atoms with E-state index in [4.69, 9.17) is 5.53 Å². The Hall–Kier alpha value is -2.53. The van der Waals surface area contributed by atoms with E-state index in [-0.39, 0.29) is 0 Å². The minimum atomic E-state index is -0.538. The van der Waals surface area contributed by atoms with Gasteiger partial charge in [-0.1, -0.05) is 17.2 Å². The molecule has 0 N–H and O–H groups in total. The molecule has 15 heavy (non-hydrogen) atoms. The van der Waals surface area contributed by atoms with E-state index in [1.807, 2.05) is 0 Å². The number of azide groups is 1. The van der Waals surface area contributed by atoms with Crippen molar-refractivity contribution >= 4 is 5.69 Å². The van der Waals surface area contributed by atoms with Gasteiger partial charge in [-0.05, 0) is 10.2 Å². The van der Waals surface area contributed by atoms with Crippen LogP contribution in [0.4, 0.5) is 5.69 Å². The van der Waals surface area contributed by atoms with Gasteiger partial charge in [-0.25, -0.2) is 0 Å². The summed E-state index contributed by atoms with van der Waals surface area (Å²) >= 11 is 0. The van der Waals surface area contributed by atoms with E-state index in [1.54, 1.807) is 24.3 Å². The Balaban J connectivity index is 2.44. The molecule has 0 spiro atoms. The van der Waals surface area contributed by atoms with Crippen molar-refractivity contribution in [1.82, 2.24) is 5.27 Å². The summed E-state index contributed by atoms with van der Waals surface area (Å²) in [5.41, 5.74) is 9.28. The minimum absolute atomic E-state index is 0.443. The summed E-state index contributed by atoms with van der Waals surface area (Å²) in [6.07, 6.45) is 1.19. The number of aromatic nitrogens is 2. The van der Waals surface area contributed by atoms with Gasteiger partial charge < -0.3 is 9.63 Å². The Bertz CT molecular complexity index is 529. The standard InChI is InChI=1S/C8H5N5O2/c9-11-10-6-2-1-3-7(4-6)13-5-8(14)15-12-13/h1-5H. The third-order valence-electron chi connectivity index (χ3n) is 1.70. The maximum atomic E-state index is 10.7. The van der Waals surface area contributed by atoms with Crippen LogP contribution in [0.2, 0.25) is 0 Å². The maximum absolute atomic E-state index is 10.7. The highest BCUT2D eigenvalue weighted by atomic mass is 16.6. The fourth-order valence-corrected chi connectivity index (χ4v) is 1.10. The first-order valence-corrected chi connectivity index (χ1v) is 4.01. The monoisotopic (exact) mass is 203 g/mol. The van der Waals surface area contributed by atoms with Gasteiger partial charge in [0.2, 0.25) is 11.9 Å². The second-order valence-corrected chi connectivity index (χ2v) is 2.67. The molecule has 0 radical (unpaired) electrons. The van der Waals surface area contributed by atoms with Gasteiger partial charge in [0.05, 0.1) is 5.27 Å². The number of rotatable bonds is 2. The molecule has 0 aliphatic carbocycles. The molecule has 1 aromatic carbocycles.